The number of rotatable bonds is 8. The topological polar surface area (TPSA) is 84.0 Å². The molecule has 26 heavy (non-hydrogen) atoms. The highest BCUT2D eigenvalue weighted by atomic mass is 16.5. The van der Waals surface area contributed by atoms with Crippen LogP contribution in [0.4, 0.5) is 0 Å². The van der Waals surface area contributed by atoms with E-state index in [-0.39, 0.29) is 24.1 Å². The van der Waals surface area contributed by atoms with Crippen LogP contribution in [-0.2, 0) is 4.79 Å². The number of amides is 1. The predicted molar refractivity (Wildman–Crippen MR) is 105 cm³/mol. The lowest BCUT2D eigenvalue weighted by molar-refractivity contribution is -0.121. The van der Waals surface area contributed by atoms with Crippen molar-refractivity contribution in [1.29, 1.82) is 0 Å². The lowest BCUT2D eigenvalue weighted by Crippen LogP contribution is -2.44. The zero-order chi connectivity index (χ0) is 19.6. The number of carbonyl (C=O) groups excluding carboxylic acids is 1. The SMILES string of the molecule is CCNC(=NCC(=O)NC(C)(C)C)NCC(C)Oc1cccc(OC)c1. The third-order valence-corrected chi connectivity index (χ3v) is 3.17. The first-order valence-corrected chi connectivity index (χ1v) is 8.87. The molecule has 0 aliphatic rings. The van der Waals surface area contributed by atoms with E-state index in [9.17, 15) is 4.79 Å². The molecule has 1 unspecified atom stereocenters. The van der Waals surface area contributed by atoms with Gasteiger partial charge >= 0.3 is 0 Å². The third-order valence-electron chi connectivity index (χ3n) is 3.17. The summed E-state index contributed by atoms with van der Waals surface area (Å²) < 4.78 is 11.1. The van der Waals surface area contributed by atoms with Crippen LogP contribution in [0.15, 0.2) is 29.3 Å². The molecule has 0 aliphatic carbocycles. The van der Waals surface area contributed by atoms with Crippen molar-refractivity contribution >= 4 is 11.9 Å². The van der Waals surface area contributed by atoms with E-state index in [1.165, 1.54) is 0 Å². The Morgan fingerprint density at radius 1 is 1.23 bits per heavy atom. The zero-order valence-electron chi connectivity index (χ0n) is 16.7. The summed E-state index contributed by atoms with van der Waals surface area (Å²) in [6.07, 6.45) is -0.0886. The summed E-state index contributed by atoms with van der Waals surface area (Å²) in [4.78, 5) is 16.2. The molecule has 0 bridgehead atoms. The molecule has 0 aromatic heterocycles. The summed E-state index contributed by atoms with van der Waals surface area (Å²) >= 11 is 0. The minimum Gasteiger partial charge on any atom is -0.497 e. The Morgan fingerprint density at radius 2 is 1.92 bits per heavy atom. The van der Waals surface area contributed by atoms with Crippen LogP contribution in [0.2, 0.25) is 0 Å². The molecule has 0 radical (unpaired) electrons. The van der Waals surface area contributed by atoms with E-state index in [0.29, 0.717) is 19.0 Å². The van der Waals surface area contributed by atoms with E-state index < -0.39 is 0 Å². The Labute approximate surface area is 156 Å². The Bertz CT molecular complexity index is 597. The third kappa shape index (κ3) is 9.15. The minimum atomic E-state index is -0.266. The van der Waals surface area contributed by atoms with Gasteiger partial charge in [-0.15, -0.1) is 0 Å². The molecule has 7 nitrogen and oxygen atoms in total. The van der Waals surface area contributed by atoms with Crippen LogP contribution in [0.1, 0.15) is 34.6 Å². The molecule has 1 atom stereocenters. The van der Waals surface area contributed by atoms with Crippen molar-refractivity contribution in [2.24, 2.45) is 4.99 Å². The minimum absolute atomic E-state index is 0.0672. The number of hydrogen-bond acceptors (Lipinski definition) is 4. The number of guanidine groups is 1. The number of benzene rings is 1. The molecule has 7 heteroatoms. The van der Waals surface area contributed by atoms with Gasteiger partial charge in [-0.3, -0.25) is 4.79 Å². The van der Waals surface area contributed by atoms with Gasteiger partial charge < -0.3 is 25.4 Å². The molecule has 146 valence electrons. The molecule has 0 spiro atoms. The fraction of sp³-hybridized carbons (Fsp3) is 0.579. The molecule has 1 aromatic carbocycles. The second-order valence-electron chi connectivity index (χ2n) is 6.98. The number of ether oxygens (including phenoxy) is 2. The van der Waals surface area contributed by atoms with Crippen LogP contribution in [0.25, 0.3) is 0 Å². The maximum atomic E-state index is 11.9. The number of carbonyl (C=O) groups is 1. The average Bonchev–Trinajstić information content (AvgIpc) is 2.56. The van der Waals surface area contributed by atoms with E-state index in [2.05, 4.69) is 20.9 Å². The van der Waals surface area contributed by atoms with Crippen LogP contribution in [0.5, 0.6) is 11.5 Å². The summed E-state index contributed by atoms with van der Waals surface area (Å²) in [6.45, 7) is 11.1. The number of nitrogens with zero attached hydrogens (tertiary/aromatic N) is 1. The fourth-order valence-electron chi connectivity index (χ4n) is 2.14. The highest BCUT2D eigenvalue weighted by molar-refractivity contribution is 5.85. The first-order chi connectivity index (χ1) is 12.2. The smallest absolute Gasteiger partial charge is 0.242 e. The first-order valence-electron chi connectivity index (χ1n) is 8.87. The fourth-order valence-corrected chi connectivity index (χ4v) is 2.14. The number of hydrogen-bond donors (Lipinski definition) is 3. The highest BCUT2D eigenvalue weighted by Crippen LogP contribution is 2.19. The summed E-state index contributed by atoms with van der Waals surface area (Å²) in [5.41, 5.74) is -0.266. The number of nitrogens with one attached hydrogen (secondary N) is 3. The summed E-state index contributed by atoms with van der Waals surface area (Å²) in [7, 11) is 1.62. The molecule has 0 saturated heterocycles. The quantitative estimate of drug-likeness (QED) is 0.485. The van der Waals surface area contributed by atoms with Crippen molar-refractivity contribution < 1.29 is 14.3 Å². The average molecular weight is 364 g/mol. The Balaban J connectivity index is 2.53. The number of aliphatic imine (C=N–C) groups is 1. The van der Waals surface area contributed by atoms with Gasteiger partial charge in [0.15, 0.2) is 5.96 Å². The standard InChI is InChI=1S/C19H32N4O3/c1-7-20-18(22-13-17(24)23-19(3,4)5)21-12-14(2)26-16-10-8-9-15(11-16)25-6/h8-11,14H,7,12-13H2,1-6H3,(H,23,24)(H2,20,21,22). The van der Waals surface area contributed by atoms with Gasteiger partial charge in [0.2, 0.25) is 5.91 Å². The molecule has 0 heterocycles. The Kier molecular flexibility index (Phi) is 8.75. The van der Waals surface area contributed by atoms with Gasteiger partial charge in [0.05, 0.1) is 13.7 Å². The van der Waals surface area contributed by atoms with Gasteiger partial charge in [0, 0.05) is 18.2 Å². The molecule has 1 aromatic rings. The molecule has 1 amide bonds. The van der Waals surface area contributed by atoms with Crippen molar-refractivity contribution in [1.82, 2.24) is 16.0 Å². The summed E-state index contributed by atoms with van der Waals surface area (Å²) in [6, 6.07) is 7.48. The zero-order valence-corrected chi connectivity index (χ0v) is 16.7. The molecule has 0 fully saturated rings. The van der Waals surface area contributed by atoms with Gasteiger partial charge in [0.1, 0.15) is 24.1 Å². The largest absolute Gasteiger partial charge is 0.497 e. The summed E-state index contributed by atoms with van der Waals surface area (Å²) in [5.74, 6) is 1.96. The Morgan fingerprint density at radius 3 is 2.54 bits per heavy atom. The van der Waals surface area contributed by atoms with Crippen LogP contribution in [-0.4, -0.2) is 50.3 Å². The maximum absolute atomic E-state index is 11.9. The van der Waals surface area contributed by atoms with Gasteiger partial charge in [-0.2, -0.15) is 0 Å². The monoisotopic (exact) mass is 364 g/mol. The van der Waals surface area contributed by atoms with Crippen LogP contribution < -0.4 is 25.4 Å². The van der Waals surface area contributed by atoms with E-state index in [4.69, 9.17) is 9.47 Å². The van der Waals surface area contributed by atoms with Crippen LogP contribution in [0.3, 0.4) is 0 Å². The maximum Gasteiger partial charge on any atom is 0.242 e. The van der Waals surface area contributed by atoms with E-state index in [1.54, 1.807) is 7.11 Å². The molecule has 0 saturated carbocycles. The van der Waals surface area contributed by atoms with Crippen molar-refractivity contribution in [2.45, 2.75) is 46.3 Å². The summed E-state index contributed by atoms with van der Waals surface area (Å²) in [5, 5.41) is 9.20. The van der Waals surface area contributed by atoms with Gasteiger partial charge in [-0.25, -0.2) is 4.99 Å². The van der Waals surface area contributed by atoms with Gasteiger partial charge in [0.25, 0.3) is 0 Å². The van der Waals surface area contributed by atoms with Gasteiger partial charge in [-0.05, 0) is 46.8 Å². The second-order valence-corrected chi connectivity index (χ2v) is 6.98. The lowest BCUT2D eigenvalue weighted by Gasteiger charge is -2.20. The predicted octanol–water partition coefficient (Wildman–Crippen LogP) is 1.93. The van der Waals surface area contributed by atoms with Crippen molar-refractivity contribution in [3.05, 3.63) is 24.3 Å². The molecule has 1 rings (SSSR count). The van der Waals surface area contributed by atoms with E-state index in [1.807, 2.05) is 58.9 Å². The molecule has 3 N–H and O–H groups in total. The first kappa shape index (κ1) is 21.6. The van der Waals surface area contributed by atoms with Crippen LogP contribution >= 0.6 is 0 Å². The van der Waals surface area contributed by atoms with Crippen LogP contribution in [0, 0.1) is 0 Å². The molecule has 0 aliphatic heterocycles. The van der Waals surface area contributed by atoms with E-state index >= 15 is 0 Å². The second kappa shape index (κ2) is 10.5. The number of methoxy groups -OCH3 is 1. The van der Waals surface area contributed by atoms with E-state index in [0.717, 1.165) is 11.5 Å². The van der Waals surface area contributed by atoms with Crippen molar-refractivity contribution in [2.75, 3.05) is 26.7 Å². The van der Waals surface area contributed by atoms with Crippen molar-refractivity contribution in [3.63, 3.8) is 0 Å². The molecular weight excluding hydrogens is 332 g/mol. The Hall–Kier alpha value is -2.44. The van der Waals surface area contributed by atoms with Gasteiger partial charge in [-0.1, -0.05) is 6.07 Å². The normalized spacial score (nSPS) is 12.9. The highest BCUT2D eigenvalue weighted by Gasteiger charge is 2.13. The molecular formula is C19H32N4O3. The van der Waals surface area contributed by atoms with Crippen molar-refractivity contribution in [3.8, 4) is 11.5 Å². The lowest BCUT2D eigenvalue weighted by atomic mass is 10.1.